The molecular weight excluding hydrogens is 214 g/mol. The molecular formula is C14H23NO2. The molecule has 0 heterocycles. The number of nitrogens with two attached hydrogens (primary N) is 1. The van der Waals surface area contributed by atoms with Gasteiger partial charge >= 0.3 is 0 Å². The molecule has 1 unspecified atom stereocenters. The van der Waals surface area contributed by atoms with Gasteiger partial charge < -0.3 is 15.2 Å². The number of hydrogen-bond acceptors (Lipinski definition) is 3. The van der Waals surface area contributed by atoms with E-state index in [4.69, 9.17) is 15.2 Å². The summed E-state index contributed by atoms with van der Waals surface area (Å²) in [5.74, 6) is 0.890. The number of benzene rings is 1. The van der Waals surface area contributed by atoms with Crippen molar-refractivity contribution in [2.75, 3.05) is 13.2 Å². The maximum absolute atomic E-state index is 6.07. The Bertz CT molecular complexity index is 309. The number of ether oxygens (including phenoxy) is 2. The lowest BCUT2D eigenvalue weighted by Gasteiger charge is -2.14. The lowest BCUT2D eigenvalue weighted by atomic mass is 10.1. The molecule has 0 saturated carbocycles. The van der Waals surface area contributed by atoms with Crippen LogP contribution in [0.15, 0.2) is 24.3 Å². The summed E-state index contributed by atoms with van der Waals surface area (Å²) < 4.78 is 10.9. The van der Waals surface area contributed by atoms with E-state index in [1.807, 2.05) is 45.0 Å². The molecule has 0 aromatic heterocycles. The van der Waals surface area contributed by atoms with Gasteiger partial charge in [0.05, 0.1) is 6.10 Å². The quantitative estimate of drug-likeness (QED) is 0.742. The summed E-state index contributed by atoms with van der Waals surface area (Å²) in [6.45, 7) is 7.48. The zero-order chi connectivity index (χ0) is 12.7. The molecule has 1 rings (SSSR count). The van der Waals surface area contributed by atoms with Crippen molar-refractivity contribution >= 4 is 0 Å². The van der Waals surface area contributed by atoms with Gasteiger partial charge in [0.25, 0.3) is 0 Å². The Hall–Kier alpha value is -1.06. The standard InChI is InChI=1S/C14H23NO2/c1-4-16-10-9-14(15)12-5-7-13(8-6-12)17-11(2)3/h5-8,11,14H,4,9-10,15H2,1-3H3. The molecule has 0 bridgehead atoms. The molecule has 3 heteroatoms. The van der Waals surface area contributed by atoms with Crippen LogP contribution in [0.25, 0.3) is 0 Å². The second-order valence-electron chi connectivity index (χ2n) is 4.33. The average molecular weight is 237 g/mol. The summed E-state index contributed by atoms with van der Waals surface area (Å²) >= 11 is 0. The fourth-order valence-corrected chi connectivity index (χ4v) is 1.59. The van der Waals surface area contributed by atoms with E-state index < -0.39 is 0 Å². The average Bonchev–Trinajstić information content (AvgIpc) is 2.29. The fraction of sp³-hybridized carbons (Fsp3) is 0.571. The lowest BCUT2D eigenvalue weighted by Crippen LogP contribution is -2.13. The molecule has 0 aliphatic rings. The van der Waals surface area contributed by atoms with Crippen LogP contribution in [0.2, 0.25) is 0 Å². The van der Waals surface area contributed by atoms with E-state index in [1.54, 1.807) is 0 Å². The second kappa shape index (κ2) is 7.30. The monoisotopic (exact) mass is 237 g/mol. The van der Waals surface area contributed by atoms with Crippen molar-refractivity contribution < 1.29 is 9.47 Å². The van der Waals surface area contributed by atoms with Crippen LogP contribution in [0.1, 0.15) is 38.8 Å². The number of rotatable bonds is 7. The Balaban J connectivity index is 2.48. The first-order valence-electron chi connectivity index (χ1n) is 6.23. The van der Waals surface area contributed by atoms with Crippen LogP contribution in [0, 0.1) is 0 Å². The van der Waals surface area contributed by atoms with Crippen molar-refractivity contribution in [3.8, 4) is 5.75 Å². The molecule has 3 nitrogen and oxygen atoms in total. The van der Waals surface area contributed by atoms with E-state index in [1.165, 1.54) is 0 Å². The minimum atomic E-state index is 0.0367. The molecule has 0 amide bonds. The lowest BCUT2D eigenvalue weighted by molar-refractivity contribution is 0.140. The van der Waals surface area contributed by atoms with Gasteiger partial charge in [-0.05, 0) is 44.9 Å². The van der Waals surface area contributed by atoms with Crippen LogP contribution in [0.4, 0.5) is 0 Å². The first kappa shape index (κ1) is 14.0. The first-order chi connectivity index (χ1) is 8.13. The maximum atomic E-state index is 6.07. The highest BCUT2D eigenvalue weighted by molar-refractivity contribution is 5.29. The van der Waals surface area contributed by atoms with Gasteiger partial charge in [0.1, 0.15) is 5.75 Å². The minimum Gasteiger partial charge on any atom is -0.491 e. The van der Waals surface area contributed by atoms with Crippen LogP contribution >= 0.6 is 0 Å². The third-order valence-electron chi connectivity index (χ3n) is 2.46. The SMILES string of the molecule is CCOCCC(N)c1ccc(OC(C)C)cc1. The molecule has 1 atom stereocenters. The minimum absolute atomic E-state index is 0.0367. The van der Waals surface area contributed by atoms with Gasteiger partial charge in [-0.2, -0.15) is 0 Å². The smallest absolute Gasteiger partial charge is 0.119 e. The zero-order valence-electron chi connectivity index (χ0n) is 11.0. The predicted octanol–water partition coefficient (Wildman–Crippen LogP) is 2.90. The molecule has 0 saturated heterocycles. The Kier molecular flexibility index (Phi) is 6.01. The molecule has 0 aliphatic carbocycles. The molecule has 96 valence electrons. The van der Waals surface area contributed by atoms with Crippen LogP contribution in [0.5, 0.6) is 5.75 Å². The molecule has 0 spiro atoms. The van der Waals surface area contributed by atoms with E-state index in [9.17, 15) is 0 Å². The molecule has 1 aromatic rings. The zero-order valence-corrected chi connectivity index (χ0v) is 11.0. The van der Waals surface area contributed by atoms with Crippen molar-refractivity contribution in [1.82, 2.24) is 0 Å². The van der Waals surface area contributed by atoms with Gasteiger partial charge in [0.2, 0.25) is 0 Å². The highest BCUT2D eigenvalue weighted by Crippen LogP contribution is 2.19. The van der Waals surface area contributed by atoms with E-state index >= 15 is 0 Å². The normalized spacial score (nSPS) is 12.8. The third-order valence-corrected chi connectivity index (χ3v) is 2.46. The summed E-state index contributed by atoms with van der Waals surface area (Å²) in [4.78, 5) is 0. The van der Waals surface area contributed by atoms with Crippen LogP contribution in [-0.2, 0) is 4.74 Å². The fourth-order valence-electron chi connectivity index (χ4n) is 1.59. The third kappa shape index (κ3) is 5.20. The van der Waals surface area contributed by atoms with Crippen LogP contribution < -0.4 is 10.5 Å². The summed E-state index contributed by atoms with van der Waals surface area (Å²) in [6, 6.07) is 8.02. The molecule has 17 heavy (non-hydrogen) atoms. The van der Waals surface area contributed by atoms with E-state index in [2.05, 4.69) is 0 Å². The molecule has 1 aromatic carbocycles. The Labute approximate surface area is 104 Å². The highest BCUT2D eigenvalue weighted by Gasteiger charge is 2.06. The van der Waals surface area contributed by atoms with E-state index in [0.29, 0.717) is 6.61 Å². The predicted molar refractivity (Wildman–Crippen MR) is 70.2 cm³/mol. The van der Waals surface area contributed by atoms with Crippen molar-refractivity contribution in [2.45, 2.75) is 39.3 Å². The van der Waals surface area contributed by atoms with Gasteiger partial charge in [-0.1, -0.05) is 12.1 Å². The summed E-state index contributed by atoms with van der Waals surface area (Å²) in [7, 11) is 0. The maximum Gasteiger partial charge on any atom is 0.119 e. The molecule has 2 N–H and O–H groups in total. The summed E-state index contributed by atoms with van der Waals surface area (Å²) in [5, 5.41) is 0. The van der Waals surface area contributed by atoms with Crippen molar-refractivity contribution in [2.24, 2.45) is 5.73 Å². The van der Waals surface area contributed by atoms with Crippen LogP contribution in [-0.4, -0.2) is 19.3 Å². The van der Waals surface area contributed by atoms with Gasteiger partial charge in [-0.3, -0.25) is 0 Å². The topological polar surface area (TPSA) is 44.5 Å². The second-order valence-corrected chi connectivity index (χ2v) is 4.33. The first-order valence-corrected chi connectivity index (χ1v) is 6.23. The van der Waals surface area contributed by atoms with E-state index in [-0.39, 0.29) is 12.1 Å². The van der Waals surface area contributed by atoms with Crippen molar-refractivity contribution in [1.29, 1.82) is 0 Å². The number of hydrogen-bond donors (Lipinski definition) is 1. The Morgan fingerprint density at radius 2 is 1.82 bits per heavy atom. The summed E-state index contributed by atoms with van der Waals surface area (Å²) in [6.07, 6.45) is 1.05. The van der Waals surface area contributed by atoms with Crippen LogP contribution in [0.3, 0.4) is 0 Å². The Morgan fingerprint density at radius 3 is 2.35 bits per heavy atom. The van der Waals surface area contributed by atoms with Gasteiger partial charge in [0, 0.05) is 19.3 Å². The van der Waals surface area contributed by atoms with E-state index in [0.717, 1.165) is 24.3 Å². The largest absolute Gasteiger partial charge is 0.491 e. The Morgan fingerprint density at radius 1 is 1.18 bits per heavy atom. The molecule has 0 aliphatic heterocycles. The van der Waals surface area contributed by atoms with Crippen molar-refractivity contribution in [3.05, 3.63) is 29.8 Å². The van der Waals surface area contributed by atoms with Gasteiger partial charge in [-0.25, -0.2) is 0 Å². The summed E-state index contributed by atoms with van der Waals surface area (Å²) in [5.41, 5.74) is 7.19. The van der Waals surface area contributed by atoms with Gasteiger partial charge in [-0.15, -0.1) is 0 Å². The molecule has 0 fully saturated rings. The molecule has 0 radical (unpaired) electrons. The van der Waals surface area contributed by atoms with Gasteiger partial charge in [0.15, 0.2) is 0 Å². The van der Waals surface area contributed by atoms with Crippen molar-refractivity contribution in [3.63, 3.8) is 0 Å². The highest BCUT2D eigenvalue weighted by atomic mass is 16.5.